The predicted octanol–water partition coefficient (Wildman–Crippen LogP) is 1.02. The van der Waals surface area contributed by atoms with Crippen LogP contribution in [0.1, 0.15) is 5.69 Å². The third-order valence-electron chi connectivity index (χ3n) is 3.02. The second-order valence-corrected chi connectivity index (χ2v) is 4.43. The molecule has 0 fully saturated rings. The number of H-pyrrole nitrogens is 1. The maximum absolute atomic E-state index is 11.2. The Bertz CT molecular complexity index is 781. The number of aromatic nitrogens is 3. The smallest absolute Gasteiger partial charge is 0.408 e. The van der Waals surface area contributed by atoms with Gasteiger partial charge >= 0.3 is 5.76 Å². The van der Waals surface area contributed by atoms with E-state index in [4.69, 9.17) is 10.2 Å². The van der Waals surface area contributed by atoms with Crippen molar-refractivity contribution in [1.82, 2.24) is 14.8 Å². The second kappa shape index (κ2) is 4.40. The Kier molecular flexibility index (Phi) is 2.72. The fourth-order valence-electron chi connectivity index (χ4n) is 2.21. The summed E-state index contributed by atoms with van der Waals surface area (Å²) in [6.45, 7) is 0.547. The summed E-state index contributed by atoms with van der Waals surface area (Å²) in [6.07, 6.45) is 2.65. The van der Waals surface area contributed by atoms with Crippen molar-refractivity contribution in [3.8, 4) is 11.1 Å². The van der Waals surface area contributed by atoms with Crippen LogP contribution in [0, 0.1) is 0 Å². The predicted molar refractivity (Wildman–Crippen MR) is 71.8 cm³/mol. The molecule has 98 valence electrons. The summed E-state index contributed by atoms with van der Waals surface area (Å²) in [5.41, 5.74) is 9.76. The highest BCUT2D eigenvalue weighted by atomic mass is 16.4. The lowest BCUT2D eigenvalue weighted by Crippen LogP contribution is -2.04. The van der Waals surface area contributed by atoms with Gasteiger partial charge in [-0.25, -0.2) is 4.79 Å². The van der Waals surface area contributed by atoms with Gasteiger partial charge in [-0.15, -0.1) is 0 Å². The Balaban J connectivity index is 2.15. The van der Waals surface area contributed by atoms with Crippen LogP contribution in [0.15, 0.2) is 33.6 Å². The van der Waals surface area contributed by atoms with E-state index in [-0.39, 0.29) is 0 Å². The lowest BCUT2D eigenvalue weighted by Gasteiger charge is -2.00. The van der Waals surface area contributed by atoms with Crippen LogP contribution < -0.4 is 11.5 Å². The molecule has 6 heteroatoms. The molecular weight excluding hydrogens is 244 g/mol. The van der Waals surface area contributed by atoms with E-state index in [9.17, 15) is 4.79 Å². The maximum Gasteiger partial charge on any atom is 0.417 e. The molecular formula is C13H14N4O2. The first-order valence-electron chi connectivity index (χ1n) is 6.03. The van der Waals surface area contributed by atoms with Gasteiger partial charge in [0, 0.05) is 25.2 Å². The maximum atomic E-state index is 11.2. The summed E-state index contributed by atoms with van der Waals surface area (Å²) in [7, 11) is 1.87. The number of hydrogen-bond acceptors (Lipinski definition) is 4. The molecule has 3 aromatic rings. The minimum Gasteiger partial charge on any atom is -0.408 e. The van der Waals surface area contributed by atoms with Crippen LogP contribution in [0.5, 0.6) is 0 Å². The highest BCUT2D eigenvalue weighted by molar-refractivity contribution is 5.80. The van der Waals surface area contributed by atoms with Gasteiger partial charge in [0.1, 0.15) is 0 Å². The van der Waals surface area contributed by atoms with E-state index in [0.717, 1.165) is 16.8 Å². The minimum atomic E-state index is -0.444. The van der Waals surface area contributed by atoms with Crippen LogP contribution in [0.3, 0.4) is 0 Å². The molecule has 0 amide bonds. The van der Waals surface area contributed by atoms with E-state index < -0.39 is 5.76 Å². The highest BCUT2D eigenvalue weighted by Crippen LogP contribution is 2.26. The van der Waals surface area contributed by atoms with Crippen molar-refractivity contribution in [3.05, 3.63) is 40.6 Å². The molecule has 3 rings (SSSR count). The quantitative estimate of drug-likeness (QED) is 0.734. The van der Waals surface area contributed by atoms with Gasteiger partial charge in [0.15, 0.2) is 5.58 Å². The zero-order valence-electron chi connectivity index (χ0n) is 10.5. The highest BCUT2D eigenvalue weighted by Gasteiger charge is 2.11. The molecule has 0 unspecified atom stereocenters. The van der Waals surface area contributed by atoms with Crippen LogP contribution in [0.4, 0.5) is 0 Å². The van der Waals surface area contributed by atoms with E-state index in [1.54, 1.807) is 4.68 Å². The monoisotopic (exact) mass is 258 g/mol. The fraction of sp³-hybridized carbons (Fsp3) is 0.231. The Hall–Kier alpha value is -2.34. The first kappa shape index (κ1) is 11.7. The number of nitrogens with zero attached hydrogens (tertiary/aromatic N) is 2. The van der Waals surface area contributed by atoms with Crippen LogP contribution in [0.25, 0.3) is 22.2 Å². The lowest BCUT2D eigenvalue weighted by molar-refractivity contribution is 0.555. The third kappa shape index (κ3) is 2.06. The van der Waals surface area contributed by atoms with E-state index in [1.165, 1.54) is 0 Å². The largest absolute Gasteiger partial charge is 0.417 e. The number of aromatic amines is 1. The van der Waals surface area contributed by atoms with Gasteiger partial charge in [-0.05, 0) is 24.2 Å². The number of nitrogens with one attached hydrogen (secondary N) is 1. The number of oxazole rings is 1. The van der Waals surface area contributed by atoms with Gasteiger partial charge in [-0.2, -0.15) is 5.10 Å². The molecule has 0 aliphatic rings. The van der Waals surface area contributed by atoms with Crippen molar-refractivity contribution in [2.24, 2.45) is 12.8 Å². The van der Waals surface area contributed by atoms with E-state index >= 15 is 0 Å². The Morgan fingerprint density at radius 1 is 1.47 bits per heavy atom. The van der Waals surface area contributed by atoms with Crippen LogP contribution in [-0.2, 0) is 13.5 Å². The topological polar surface area (TPSA) is 89.8 Å². The van der Waals surface area contributed by atoms with Crippen LogP contribution >= 0.6 is 0 Å². The van der Waals surface area contributed by atoms with Gasteiger partial charge in [0.25, 0.3) is 0 Å². The number of aryl methyl sites for hydroxylation is 1. The number of benzene rings is 1. The minimum absolute atomic E-state index is 0.444. The molecule has 1 aromatic carbocycles. The number of fused-ring (bicyclic) bond motifs is 1. The zero-order chi connectivity index (χ0) is 13.4. The second-order valence-electron chi connectivity index (χ2n) is 4.43. The van der Waals surface area contributed by atoms with Crippen LogP contribution in [0.2, 0.25) is 0 Å². The lowest BCUT2D eigenvalue weighted by atomic mass is 10.0. The summed E-state index contributed by atoms with van der Waals surface area (Å²) in [5.74, 6) is -0.444. The Morgan fingerprint density at radius 3 is 3.11 bits per heavy atom. The normalized spacial score (nSPS) is 11.3. The van der Waals surface area contributed by atoms with Gasteiger partial charge in [0.05, 0.1) is 11.2 Å². The van der Waals surface area contributed by atoms with Crippen LogP contribution in [-0.4, -0.2) is 21.3 Å². The summed E-state index contributed by atoms with van der Waals surface area (Å²) in [4.78, 5) is 13.8. The zero-order valence-corrected chi connectivity index (χ0v) is 10.5. The van der Waals surface area contributed by atoms with E-state index in [0.29, 0.717) is 24.1 Å². The van der Waals surface area contributed by atoms with Crippen molar-refractivity contribution in [3.63, 3.8) is 0 Å². The fourth-order valence-corrected chi connectivity index (χ4v) is 2.21. The SMILES string of the molecule is Cn1cc(-c2ccc3[nH]c(=O)oc3c2)c(CCN)n1. The summed E-state index contributed by atoms with van der Waals surface area (Å²) >= 11 is 0. The van der Waals surface area contributed by atoms with Crippen molar-refractivity contribution >= 4 is 11.1 Å². The van der Waals surface area contributed by atoms with E-state index in [2.05, 4.69) is 10.1 Å². The summed E-state index contributed by atoms with van der Waals surface area (Å²) in [6, 6.07) is 5.60. The molecule has 0 bridgehead atoms. The first-order chi connectivity index (χ1) is 9.17. The molecule has 0 atom stereocenters. The number of hydrogen-bond donors (Lipinski definition) is 2. The molecule has 2 heterocycles. The molecule has 2 aromatic heterocycles. The molecule has 0 aliphatic heterocycles. The molecule has 19 heavy (non-hydrogen) atoms. The van der Waals surface area contributed by atoms with Gasteiger partial charge in [0.2, 0.25) is 0 Å². The number of nitrogens with two attached hydrogens (primary N) is 1. The average Bonchev–Trinajstić information content (AvgIpc) is 2.90. The molecule has 0 saturated carbocycles. The summed E-state index contributed by atoms with van der Waals surface area (Å²) < 4.78 is 6.84. The van der Waals surface area contributed by atoms with Gasteiger partial charge in [-0.3, -0.25) is 9.67 Å². The van der Waals surface area contributed by atoms with Crippen molar-refractivity contribution < 1.29 is 4.42 Å². The molecule has 0 saturated heterocycles. The standard InChI is InChI=1S/C13H14N4O2/c1-17-7-9(10(16-17)4-5-14)8-2-3-11-12(6-8)19-13(18)15-11/h2-3,6-7H,4-5,14H2,1H3,(H,15,18). The third-order valence-corrected chi connectivity index (χ3v) is 3.02. The summed E-state index contributed by atoms with van der Waals surface area (Å²) in [5, 5.41) is 4.40. The Morgan fingerprint density at radius 2 is 2.32 bits per heavy atom. The Labute approximate surface area is 108 Å². The van der Waals surface area contributed by atoms with Crippen molar-refractivity contribution in [1.29, 1.82) is 0 Å². The molecule has 0 radical (unpaired) electrons. The molecule has 0 spiro atoms. The van der Waals surface area contributed by atoms with Gasteiger partial charge in [-0.1, -0.05) is 6.07 Å². The van der Waals surface area contributed by atoms with E-state index in [1.807, 2.05) is 31.4 Å². The number of rotatable bonds is 3. The molecule has 6 nitrogen and oxygen atoms in total. The van der Waals surface area contributed by atoms with Crippen molar-refractivity contribution in [2.45, 2.75) is 6.42 Å². The first-order valence-corrected chi connectivity index (χ1v) is 6.03. The average molecular weight is 258 g/mol. The molecule has 0 aliphatic carbocycles. The van der Waals surface area contributed by atoms with Gasteiger partial charge < -0.3 is 10.2 Å². The van der Waals surface area contributed by atoms with Crippen molar-refractivity contribution in [2.75, 3.05) is 6.54 Å². The molecule has 3 N–H and O–H groups in total.